The summed E-state index contributed by atoms with van der Waals surface area (Å²) in [6.45, 7) is 5.52. The summed E-state index contributed by atoms with van der Waals surface area (Å²) in [6, 6.07) is 3.05. The Balaban J connectivity index is 2.97. The van der Waals surface area contributed by atoms with Gasteiger partial charge < -0.3 is 33.5 Å². The molecule has 2 atom stereocenters. The Morgan fingerprint density at radius 1 is 0.500 bits per heavy atom. The Kier molecular flexibility index (Phi) is 30.4. The molecule has 1 rings (SSSR count). The van der Waals surface area contributed by atoms with E-state index in [4.69, 9.17) is 28.4 Å². The fourth-order valence-electron chi connectivity index (χ4n) is 4.50. The highest BCUT2D eigenvalue weighted by atomic mass is 16.6. The molecule has 0 spiro atoms. The number of carbonyl (C=O) groups is 4. The number of rotatable bonds is 15. The van der Waals surface area contributed by atoms with Crippen molar-refractivity contribution >= 4 is 23.9 Å². The molecule has 2 unspecified atom stereocenters. The monoisotopic (exact) mass is 896 g/mol. The first-order valence-electron chi connectivity index (χ1n) is 19.5. The zero-order valence-electron chi connectivity index (χ0n) is 37.7. The first-order chi connectivity index (χ1) is 33.1. The van der Waals surface area contributed by atoms with Crippen LogP contribution in [0.15, 0.2) is 12.1 Å². The smallest absolute Gasteiger partial charge is 0.385 e. The Morgan fingerprint density at radius 3 is 1.15 bits per heavy atom. The Hall–Kier alpha value is -10.4. The maximum absolute atomic E-state index is 13.0. The molecule has 11 heteroatoms. The van der Waals surface area contributed by atoms with E-state index in [1.54, 1.807) is 20.8 Å². The van der Waals surface area contributed by atoms with Crippen LogP contribution in [0.4, 0.5) is 0 Å². The summed E-state index contributed by atoms with van der Waals surface area (Å²) in [5, 5.41) is 9.52. The van der Waals surface area contributed by atoms with Crippen molar-refractivity contribution in [3.63, 3.8) is 0 Å². The van der Waals surface area contributed by atoms with E-state index < -0.39 is 43.2 Å². The molecule has 0 radical (unpaired) electrons. The molecule has 0 amide bonds. The average molecular weight is 897 g/mol. The second-order valence-corrected chi connectivity index (χ2v) is 12.4. The summed E-state index contributed by atoms with van der Waals surface area (Å²) in [5.74, 6) is 74.5. The third kappa shape index (κ3) is 29.0. The van der Waals surface area contributed by atoms with Gasteiger partial charge in [-0.05, 0) is 216 Å². The highest BCUT2D eigenvalue weighted by molar-refractivity contribution is 5.89. The zero-order chi connectivity index (χ0) is 49.9. The number of methoxy groups -OCH3 is 2. The van der Waals surface area contributed by atoms with Gasteiger partial charge in [0.25, 0.3) is 0 Å². The quantitative estimate of drug-likeness (QED) is 0.0914. The van der Waals surface area contributed by atoms with Crippen LogP contribution in [-0.2, 0) is 40.0 Å². The molecular formula is C57H36O11. The molecular weight excluding hydrogens is 861 g/mol. The molecule has 0 saturated carbocycles. The van der Waals surface area contributed by atoms with Crippen molar-refractivity contribution in [2.45, 2.75) is 59.7 Å². The Bertz CT molecular complexity index is 2960. The molecule has 1 N–H and O–H groups in total. The van der Waals surface area contributed by atoms with Crippen molar-refractivity contribution in [2.75, 3.05) is 27.4 Å². The topological polar surface area (TPSA) is 144 Å². The van der Waals surface area contributed by atoms with Gasteiger partial charge in [-0.15, -0.1) is 0 Å². The fourth-order valence-corrected chi connectivity index (χ4v) is 4.50. The van der Waals surface area contributed by atoms with E-state index in [0.717, 1.165) is 0 Å². The molecule has 1 aromatic carbocycles. The maximum Gasteiger partial charge on any atom is 0.385 e. The standard InChI is InChI=1S/C57H36O11/c1-7-9-11-13-15-17-19-21-23-25-27-29-31-33-35-37-53(59)65-45-50(46-66-54(60)38-36-34-32-30-28-26-24-22-20-18-16-14-12-10-8-2)67-55(61)40-47(3)39-48(4)41-56(62)68-57-51(63-5)42-49(44-58)43-52(57)64-6/h42-43,47-48,50,58H,39-41,44-46H2,1-6H3. The molecule has 0 aliphatic rings. The molecule has 0 heterocycles. The lowest BCUT2D eigenvalue weighted by Gasteiger charge is -2.20. The van der Waals surface area contributed by atoms with Crippen LogP contribution in [0, 0.1) is 201 Å². The van der Waals surface area contributed by atoms with E-state index in [1.165, 1.54) is 26.4 Å². The molecule has 0 saturated heterocycles. The molecule has 330 valence electrons. The lowest BCUT2D eigenvalue weighted by atomic mass is 9.92. The number of carbonyl (C=O) groups excluding carboxylic acids is 4. The van der Waals surface area contributed by atoms with Crippen molar-refractivity contribution in [3.8, 4) is 207 Å². The molecule has 11 nitrogen and oxygen atoms in total. The summed E-state index contributed by atoms with van der Waals surface area (Å²) in [6.07, 6.45) is -0.986. The van der Waals surface area contributed by atoms with Crippen LogP contribution in [0.1, 0.15) is 52.5 Å². The number of aliphatic hydroxyl groups excluding tert-OH is 1. The summed E-state index contributed by atoms with van der Waals surface area (Å²) < 4.78 is 31.9. The summed E-state index contributed by atoms with van der Waals surface area (Å²) in [7, 11) is 2.78. The predicted octanol–water partition coefficient (Wildman–Crippen LogP) is 2.64. The van der Waals surface area contributed by atoms with Crippen LogP contribution < -0.4 is 14.2 Å². The minimum atomic E-state index is -1.26. The van der Waals surface area contributed by atoms with E-state index in [-0.39, 0.29) is 48.5 Å². The van der Waals surface area contributed by atoms with Gasteiger partial charge >= 0.3 is 23.9 Å². The molecule has 0 aliphatic heterocycles. The number of benzene rings is 1. The lowest BCUT2D eigenvalue weighted by molar-refractivity contribution is -0.164. The zero-order valence-corrected chi connectivity index (χ0v) is 37.7. The van der Waals surface area contributed by atoms with Gasteiger partial charge in [-0.25, -0.2) is 9.59 Å². The molecule has 1 aromatic rings. The van der Waals surface area contributed by atoms with Gasteiger partial charge in [-0.2, -0.15) is 0 Å². The SMILES string of the molecule is CC#CC#CC#CC#CC#CC#CC#CC#CC(=O)OCC(COC(=O)C#CC#CC#CC#CC#CC#CC#CC#CC)OC(=O)CC(C)CC(C)CC(=O)Oc1c(OC)cc(CO)cc1OC. The van der Waals surface area contributed by atoms with Gasteiger partial charge in [0.1, 0.15) is 13.2 Å². The third-order valence-corrected chi connectivity index (χ3v) is 7.06. The van der Waals surface area contributed by atoms with Gasteiger partial charge in [-0.3, -0.25) is 9.59 Å². The van der Waals surface area contributed by atoms with Crippen LogP contribution in [0.3, 0.4) is 0 Å². The second-order valence-electron chi connectivity index (χ2n) is 12.4. The number of esters is 4. The van der Waals surface area contributed by atoms with Gasteiger partial charge in [0.05, 0.1) is 20.8 Å². The second kappa shape index (κ2) is 37.2. The van der Waals surface area contributed by atoms with Crippen LogP contribution >= 0.6 is 0 Å². The van der Waals surface area contributed by atoms with Crippen molar-refractivity contribution in [1.82, 2.24) is 0 Å². The van der Waals surface area contributed by atoms with Crippen LogP contribution in [0.2, 0.25) is 0 Å². The Labute approximate surface area is 398 Å². The van der Waals surface area contributed by atoms with Crippen LogP contribution in [0.25, 0.3) is 0 Å². The summed E-state index contributed by atoms with van der Waals surface area (Å²) in [4.78, 5) is 50.6. The summed E-state index contributed by atoms with van der Waals surface area (Å²) in [5.41, 5.74) is 0.498. The van der Waals surface area contributed by atoms with Gasteiger partial charge in [0, 0.05) is 24.7 Å². The summed E-state index contributed by atoms with van der Waals surface area (Å²) >= 11 is 0. The maximum atomic E-state index is 13.0. The highest BCUT2D eigenvalue weighted by Gasteiger charge is 2.23. The van der Waals surface area contributed by atoms with Crippen molar-refractivity contribution < 1.29 is 52.7 Å². The van der Waals surface area contributed by atoms with E-state index >= 15 is 0 Å². The van der Waals surface area contributed by atoms with Crippen LogP contribution in [0.5, 0.6) is 17.2 Å². The Morgan fingerprint density at radius 2 is 0.824 bits per heavy atom. The normalized spacial score (nSPS) is 8.41. The van der Waals surface area contributed by atoms with Crippen LogP contribution in [-0.4, -0.2) is 62.5 Å². The largest absolute Gasteiger partial charge is 0.493 e. The van der Waals surface area contributed by atoms with Crippen molar-refractivity contribution in [1.29, 1.82) is 0 Å². The number of hydrogen-bond acceptors (Lipinski definition) is 11. The fraction of sp³-hybridized carbons (Fsp3) is 0.263. The molecule has 68 heavy (non-hydrogen) atoms. The number of ether oxygens (including phenoxy) is 6. The van der Waals surface area contributed by atoms with Crippen molar-refractivity contribution in [3.05, 3.63) is 17.7 Å². The molecule has 0 fully saturated rings. The number of aliphatic hydroxyl groups is 1. The first kappa shape index (κ1) is 55.6. The molecule has 0 bridgehead atoms. The predicted molar refractivity (Wildman–Crippen MR) is 251 cm³/mol. The minimum Gasteiger partial charge on any atom is -0.493 e. The minimum absolute atomic E-state index is 0.0171. The van der Waals surface area contributed by atoms with E-state index in [9.17, 15) is 24.3 Å². The third-order valence-electron chi connectivity index (χ3n) is 7.06. The first-order valence-corrected chi connectivity index (χ1v) is 19.5. The molecule has 0 aromatic heterocycles. The van der Waals surface area contributed by atoms with Gasteiger partial charge in [0.2, 0.25) is 5.75 Å². The van der Waals surface area contributed by atoms with E-state index in [1.807, 2.05) is 6.92 Å². The van der Waals surface area contributed by atoms with Gasteiger partial charge in [-0.1, -0.05) is 25.7 Å². The van der Waals surface area contributed by atoms with E-state index in [2.05, 4.69) is 189 Å². The highest BCUT2D eigenvalue weighted by Crippen LogP contribution is 2.39. The van der Waals surface area contributed by atoms with Gasteiger partial charge in [0.15, 0.2) is 17.6 Å². The number of hydrogen-bond donors (Lipinski definition) is 1. The van der Waals surface area contributed by atoms with Crippen molar-refractivity contribution in [2.24, 2.45) is 11.8 Å². The van der Waals surface area contributed by atoms with E-state index in [0.29, 0.717) is 12.0 Å². The molecule has 0 aliphatic carbocycles. The lowest BCUT2D eigenvalue weighted by Crippen LogP contribution is -2.31. The average Bonchev–Trinajstić information content (AvgIpc) is 3.32.